The average molecular weight is 395 g/mol. The highest BCUT2D eigenvalue weighted by Gasteiger charge is 2.22. The van der Waals surface area contributed by atoms with E-state index in [2.05, 4.69) is 16.0 Å². The molecule has 0 spiro atoms. The van der Waals surface area contributed by atoms with E-state index in [-0.39, 0.29) is 25.2 Å². The lowest BCUT2D eigenvalue weighted by molar-refractivity contribution is 0.0300. The van der Waals surface area contributed by atoms with Gasteiger partial charge in [-0.3, -0.25) is 5.32 Å². The number of unbranched alkanes of at least 4 members (excludes halogenated alkanes) is 1. The van der Waals surface area contributed by atoms with E-state index in [1.54, 1.807) is 17.0 Å². The van der Waals surface area contributed by atoms with Gasteiger partial charge in [0.15, 0.2) is 0 Å². The molecule has 0 saturated carbocycles. The number of ether oxygens (including phenoxy) is 2. The van der Waals surface area contributed by atoms with Gasteiger partial charge in [-0.2, -0.15) is 0 Å². The van der Waals surface area contributed by atoms with Gasteiger partial charge < -0.3 is 25.0 Å². The van der Waals surface area contributed by atoms with Gasteiger partial charge in [0.05, 0.1) is 13.2 Å². The zero-order valence-corrected chi connectivity index (χ0v) is 17.4. The number of anilines is 1. The van der Waals surface area contributed by atoms with Gasteiger partial charge in [0, 0.05) is 25.4 Å². The molecule has 1 aromatic rings. The predicted octanol–water partition coefficient (Wildman–Crippen LogP) is 2.67. The molecule has 0 aliphatic rings. The summed E-state index contributed by atoms with van der Waals surface area (Å²) in [7, 11) is 3.44. The number of hydrogen-bond acceptors (Lipinski definition) is 5. The number of benzene rings is 1. The Morgan fingerprint density at radius 3 is 2.46 bits per heavy atom. The molecule has 0 heterocycles. The molecule has 0 aliphatic carbocycles. The first-order chi connectivity index (χ1) is 13.5. The molecule has 0 radical (unpaired) electrons. The third-order valence-electron chi connectivity index (χ3n) is 3.87. The van der Waals surface area contributed by atoms with Gasteiger partial charge in [0.2, 0.25) is 0 Å². The summed E-state index contributed by atoms with van der Waals surface area (Å²) in [4.78, 5) is 26.4. The van der Waals surface area contributed by atoms with Gasteiger partial charge >= 0.3 is 12.1 Å². The molecule has 0 bridgehead atoms. The molecule has 8 nitrogen and oxygen atoms in total. The number of nitrogens with one attached hydrogen (secondary N) is 3. The van der Waals surface area contributed by atoms with E-state index in [1.807, 2.05) is 39.1 Å². The van der Waals surface area contributed by atoms with Crippen LogP contribution in [0.2, 0.25) is 0 Å². The van der Waals surface area contributed by atoms with Crippen LogP contribution in [0.4, 0.5) is 15.3 Å². The highest BCUT2D eigenvalue weighted by Crippen LogP contribution is 2.08. The maximum absolute atomic E-state index is 12.5. The fourth-order valence-electron chi connectivity index (χ4n) is 2.59. The largest absolute Gasteiger partial charge is 0.442 e. The Bertz CT molecular complexity index is 569. The minimum atomic E-state index is -0.576. The number of carbonyl (C=O) groups is 2. The first kappa shape index (κ1) is 23.7. The molecule has 158 valence electrons. The number of carbonyl (C=O) groups excluding carboxylic acids is 2. The number of para-hydroxylation sites is 1. The first-order valence-corrected chi connectivity index (χ1v) is 9.68. The van der Waals surface area contributed by atoms with Gasteiger partial charge in [0.25, 0.3) is 0 Å². The smallest absolute Gasteiger partial charge is 0.412 e. The van der Waals surface area contributed by atoms with E-state index < -0.39 is 12.2 Å². The van der Waals surface area contributed by atoms with Crippen molar-refractivity contribution in [1.82, 2.24) is 15.5 Å². The number of amides is 3. The quantitative estimate of drug-likeness (QED) is 0.474. The summed E-state index contributed by atoms with van der Waals surface area (Å²) in [5.74, 6) is 0. The first-order valence-electron chi connectivity index (χ1n) is 9.68. The SMILES string of the molecule is CNCCCCN(C[C@H](COC)OC(=O)Nc1ccccc1)C(=O)NC(C)C. The summed E-state index contributed by atoms with van der Waals surface area (Å²) < 4.78 is 10.7. The summed E-state index contributed by atoms with van der Waals surface area (Å²) in [6, 6.07) is 8.91. The summed E-state index contributed by atoms with van der Waals surface area (Å²) in [5, 5.41) is 8.68. The molecule has 0 aromatic heterocycles. The lowest BCUT2D eigenvalue weighted by atomic mass is 10.2. The minimum Gasteiger partial charge on any atom is -0.442 e. The summed E-state index contributed by atoms with van der Waals surface area (Å²) in [6.45, 7) is 5.74. The molecule has 1 atom stereocenters. The summed E-state index contributed by atoms with van der Waals surface area (Å²) in [6.07, 6.45) is 0.651. The molecule has 0 saturated heterocycles. The van der Waals surface area contributed by atoms with E-state index in [0.717, 1.165) is 19.4 Å². The molecule has 1 rings (SSSR count). The molecule has 0 unspecified atom stereocenters. The van der Waals surface area contributed by atoms with Crippen LogP contribution in [-0.4, -0.2) is 69.6 Å². The predicted molar refractivity (Wildman–Crippen MR) is 111 cm³/mol. The van der Waals surface area contributed by atoms with Crippen molar-refractivity contribution in [2.75, 3.05) is 45.7 Å². The third kappa shape index (κ3) is 10.1. The number of urea groups is 1. The van der Waals surface area contributed by atoms with E-state index in [9.17, 15) is 9.59 Å². The van der Waals surface area contributed by atoms with Crippen LogP contribution in [0.15, 0.2) is 30.3 Å². The van der Waals surface area contributed by atoms with Gasteiger partial charge in [-0.25, -0.2) is 9.59 Å². The van der Waals surface area contributed by atoms with Crippen molar-refractivity contribution in [1.29, 1.82) is 0 Å². The van der Waals surface area contributed by atoms with Crippen LogP contribution in [-0.2, 0) is 9.47 Å². The van der Waals surface area contributed by atoms with Crippen LogP contribution < -0.4 is 16.0 Å². The zero-order valence-electron chi connectivity index (χ0n) is 17.4. The van der Waals surface area contributed by atoms with Crippen LogP contribution in [0, 0.1) is 0 Å². The van der Waals surface area contributed by atoms with Gasteiger partial charge in [-0.15, -0.1) is 0 Å². The second-order valence-corrected chi connectivity index (χ2v) is 6.83. The molecular formula is C20H34N4O4. The van der Waals surface area contributed by atoms with Gasteiger partial charge in [0.1, 0.15) is 6.10 Å². The Kier molecular flexibility index (Phi) is 11.7. The fraction of sp³-hybridized carbons (Fsp3) is 0.600. The number of hydrogen-bond donors (Lipinski definition) is 3. The second-order valence-electron chi connectivity index (χ2n) is 6.83. The Morgan fingerprint density at radius 2 is 1.86 bits per heavy atom. The molecule has 28 heavy (non-hydrogen) atoms. The van der Waals surface area contributed by atoms with Crippen LogP contribution in [0.1, 0.15) is 26.7 Å². The van der Waals surface area contributed by atoms with Crippen molar-refractivity contribution in [2.24, 2.45) is 0 Å². The number of nitrogens with zero attached hydrogens (tertiary/aromatic N) is 1. The standard InChI is InChI=1S/C20H34N4O4/c1-16(2)22-19(25)24(13-9-8-12-21-3)14-18(15-27-4)28-20(26)23-17-10-6-5-7-11-17/h5-7,10-11,16,18,21H,8-9,12-15H2,1-4H3,(H,22,25)(H,23,26)/t18-/m1/s1. The molecule has 3 amide bonds. The van der Waals surface area contributed by atoms with E-state index in [0.29, 0.717) is 12.2 Å². The highest BCUT2D eigenvalue weighted by atomic mass is 16.6. The maximum Gasteiger partial charge on any atom is 0.412 e. The van der Waals surface area contributed by atoms with Crippen LogP contribution in [0.3, 0.4) is 0 Å². The van der Waals surface area contributed by atoms with Crippen molar-refractivity contribution < 1.29 is 19.1 Å². The lowest BCUT2D eigenvalue weighted by Crippen LogP contribution is -2.48. The Labute approximate surface area is 168 Å². The van der Waals surface area contributed by atoms with Crippen LogP contribution in [0.25, 0.3) is 0 Å². The molecule has 3 N–H and O–H groups in total. The van der Waals surface area contributed by atoms with E-state index in [4.69, 9.17) is 9.47 Å². The Morgan fingerprint density at radius 1 is 1.14 bits per heavy atom. The summed E-state index contributed by atoms with van der Waals surface area (Å²) >= 11 is 0. The lowest BCUT2D eigenvalue weighted by Gasteiger charge is -2.28. The maximum atomic E-state index is 12.5. The van der Waals surface area contributed by atoms with E-state index >= 15 is 0 Å². The molecule has 0 fully saturated rings. The monoisotopic (exact) mass is 394 g/mol. The second kappa shape index (κ2) is 13.8. The van der Waals surface area contributed by atoms with Gasteiger partial charge in [-0.1, -0.05) is 18.2 Å². The van der Waals surface area contributed by atoms with Crippen molar-refractivity contribution in [3.8, 4) is 0 Å². The minimum absolute atomic E-state index is 0.0236. The fourth-order valence-corrected chi connectivity index (χ4v) is 2.59. The highest BCUT2D eigenvalue weighted by molar-refractivity contribution is 5.84. The van der Waals surface area contributed by atoms with Crippen LogP contribution in [0.5, 0.6) is 0 Å². The Balaban J connectivity index is 2.68. The molecular weight excluding hydrogens is 360 g/mol. The Hall–Kier alpha value is -2.32. The number of rotatable bonds is 12. The average Bonchev–Trinajstić information content (AvgIpc) is 2.64. The zero-order chi connectivity index (χ0) is 20.8. The van der Waals surface area contributed by atoms with E-state index in [1.165, 1.54) is 7.11 Å². The molecule has 0 aliphatic heterocycles. The van der Waals surface area contributed by atoms with Crippen molar-refractivity contribution in [3.05, 3.63) is 30.3 Å². The van der Waals surface area contributed by atoms with Crippen LogP contribution >= 0.6 is 0 Å². The van der Waals surface area contributed by atoms with Crippen molar-refractivity contribution >= 4 is 17.8 Å². The van der Waals surface area contributed by atoms with Gasteiger partial charge in [-0.05, 0) is 52.4 Å². The molecule has 8 heteroatoms. The summed E-state index contributed by atoms with van der Waals surface area (Å²) in [5.41, 5.74) is 0.644. The normalized spacial score (nSPS) is 11.8. The topological polar surface area (TPSA) is 91.9 Å². The third-order valence-corrected chi connectivity index (χ3v) is 3.87. The van der Waals surface area contributed by atoms with Crippen molar-refractivity contribution in [3.63, 3.8) is 0 Å². The number of methoxy groups -OCH3 is 1. The van der Waals surface area contributed by atoms with Crippen molar-refractivity contribution in [2.45, 2.75) is 38.8 Å². The molecule has 1 aromatic carbocycles.